The van der Waals surface area contributed by atoms with Gasteiger partial charge in [-0.1, -0.05) is 25.5 Å². The molecule has 2 unspecified atom stereocenters. The molecular weight excluding hydrogens is 721 g/mol. The number of carboxylic acid groups (broad SMARTS) is 1. The zero-order chi connectivity index (χ0) is 40.2. The highest BCUT2D eigenvalue weighted by molar-refractivity contribution is 6.01. The van der Waals surface area contributed by atoms with Crippen molar-refractivity contribution in [1.82, 2.24) is 9.47 Å². The zero-order valence-corrected chi connectivity index (χ0v) is 33.2. The van der Waals surface area contributed by atoms with Crippen LogP contribution in [0.25, 0.3) is 10.9 Å². The van der Waals surface area contributed by atoms with Crippen LogP contribution in [0, 0.1) is 48.2 Å². The maximum absolute atomic E-state index is 16.4. The van der Waals surface area contributed by atoms with Crippen molar-refractivity contribution in [1.29, 1.82) is 0 Å². The highest BCUT2D eigenvalue weighted by atomic mass is 19.1. The van der Waals surface area contributed by atoms with Gasteiger partial charge in [0.25, 0.3) is 0 Å². The Morgan fingerprint density at radius 2 is 1.82 bits per heavy atom. The number of methoxy groups -OCH3 is 1. The van der Waals surface area contributed by atoms with Crippen LogP contribution in [-0.4, -0.2) is 100 Å². The smallest absolute Gasteiger partial charge is 0.341 e. The van der Waals surface area contributed by atoms with Gasteiger partial charge < -0.3 is 34.3 Å². The average Bonchev–Trinajstić information content (AvgIpc) is 3.94. The third-order valence-corrected chi connectivity index (χ3v) is 15.0. The first-order valence-corrected chi connectivity index (χ1v) is 20.1. The predicted molar refractivity (Wildman–Crippen MR) is 207 cm³/mol. The molecule has 5 aliphatic carbocycles. The fourth-order valence-electron chi connectivity index (χ4n) is 11.9. The SMILES string of the molecule is COc1c(N2CCN(COCC(=O)[C@@]3(O)CC[C@H]4[C@@H]5CCC6=CC(=O)C=C[C@]6(C)C5[C@@H](O)C[C@@]43C)C(C)C2)c(F)c(C)c2c(=O)c(C(=O)O)c(C)n(C3CC3)c12. The van der Waals surface area contributed by atoms with Gasteiger partial charge >= 0.3 is 5.97 Å². The van der Waals surface area contributed by atoms with E-state index < -0.39 is 39.8 Å². The molecule has 2 aromatic rings. The largest absolute Gasteiger partial charge is 0.492 e. The van der Waals surface area contributed by atoms with Crippen molar-refractivity contribution in [2.75, 3.05) is 45.0 Å². The number of fused-ring (bicyclic) bond motifs is 6. The molecule has 1 aromatic heterocycles. The van der Waals surface area contributed by atoms with Crippen LogP contribution in [0.5, 0.6) is 5.75 Å². The monoisotopic (exact) mass is 775 g/mol. The molecule has 0 spiro atoms. The number of aliphatic hydroxyl groups is 2. The van der Waals surface area contributed by atoms with Crippen LogP contribution in [0.2, 0.25) is 0 Å². The lowest BCUT2D eigenvalue weighted by Crippen LogP contribution is -2.61. The van der Waals surface area contributed by atoms with Crippen LogP contribution in [0.4, 0.5) is 10.1 Å². The summed E-state index contributed by atoms with van der Waals surface area (Å²) in [4.78, 5) is 55.8. The summed E-state index contributed by atoms with van der Waals surface area (Å²) in [5, 5.41) is 33.8. The second kappa shape index (κ2) is 13.6. The molecule has 0 bridgehead atoms. The Morgan fingerprint density at radius 1 is 1.09 bits per heavy atom. The molecule has 13 heteroatoms. The molecule has 2 heterocycles. The third kappa shape index (κ3) is 5.58. The Bertz CT molecular complexity index is 2160. The maximum atomic E-state index is 16.4. The summed E-state index contributed by atoms with van der Waals surface area (Å²) < 4.78 is 30.2. The van der Waals surface area contributed by atoms with E-state index in [1.54, 1.807) is 19.1 Å². The molecule has 56 heavy (non-hydrogen) atoms. The number of aryl methyl sites for hydroxylation is 1. The minimum absolute atomic E-state index is 0.0160. The lowest BCUT2D eigenvalue weighted by molar-refractivity contribution is -0.180. The predicted octanol–water partition coefficient (Wildman–Crippen LogP) is 4.86. The molecule has 6 aliphatic rings. The van der Waals surface area contributed by atoms with Crippen molar-refractivity contribution >= 4 is 34.1 Å². The third-order valence-electron chi connectivity index (χ3n) is 15.0. The molecule has 302 valence electrons. The minimum atomic E-state index is -1.64. The van der Waals surface area contributed by atoms with E-state index in [-0.39, 0.29) is 89.1 Å². The topological polar surface area (TPSA) is 159 Å². The van der Waals surface area contributed by atoms with Gasteiger partial charge in [-0.3, -0.25) is 19.3 Å². The summed E-state index contributed by atoms with van der Waals surface area (Å²) in [6, 6.07) is -0.156. The second-order valence-electron chi connectivity index (χ2n) is 17.9. The number of aromatic carboxylic acids is 1. The first-order chi connectivity index (χ1) is 26.5. The molecule has 0 amide bonds. The molecule has 3 N–H and O–H groups in total. The van der Waals surface area contributed by atoms with E-state index in [9.17, 15) is 34.5 Å². The number of aromatic nitrogens is 1. The molecule has 0 radical (unpaired) electrons. The van der Waals surface area contributed by atoms with Gasteiger partial charge in [0.2, 0.25) is 5.43 Å². The summed E-state index contributed by atoms with van der Waals surface area (Å²) in [6.07, 6.45) is 8.98. The van der Waals surface area contributed by atoms with E-state index in [0.717, 1.165) is 31.3 Å². The molecule has 8 atom stereocenters. The van der Waals surface area contributed by atoms with Gasteiger partial charge in [-0.15, -0.1) is 0 Å². The standard InChI is InChI=1S/C43H54FN3O9/c1-22-19-45(37-35(44)23(2)32-36(39(37)55-6)47(26-8-9-26)24(3)33(38(32)51)40(52)53)15-16-46(22)21-56-20-31(50)43(54)14-12-29-28-10-7-25-17-27(48)11-13-41(25,4)34(28)30(49)18-42(29,43)5/h11,13,17,22,26,28-30,34,49,54H,7-10,12,14-16,18-21H2,1-6H3,(H,52,53)/t22?,28-,29-,30-,34?,41-,42-,43-/m0/s1. The summed E-state index contributed by atoms with van der Waals surface area (Å²) in [6.45, 7) is 10.3. The van der Waals surface area contributed by atoms with Crippen LogP contribution in [-0.2, 0) is 14.3 Å². The molecule has 12 nitrogen and oxygen atoms in total. The lowest BCUT2D eigenvalue weighted by Gasteiger charge is -2.59. The number of ether oxygens (including phenoxy) is 2. The number of allylic oxidation sites excluding steroid dienone is 4. The van der Waals surface area contributed by atoms with Crippen LogP contribution >= 0.6 is 0 Å². The van der Waals surface area contributed by atoms with E-state index in [2.05, 4.69) is 11.8 Å². The fraction of sp³-hybridized carbons (Fsp3) is 0.628. The number of pyridine rings is 1. The minimum Gasteiger partial charge on any atom is -0.492 e. The number of carbonyl (C=O) groups excluding carboxylic acids is 2. The van der Waals surface area contributed by atoms with Gasteiger partial charge in [-0.05, 0) is 89.7 Å². The van der Waals surface area contributed by atoms with E-state index in [1.165, 1.54) is 14.0 Å². The van der Waals surface area contributed by atoms with Crippen molar-refractivity contribution in [2.45, 2.75) is 103 Å². The maximum Gasteiger partial charge on any atom is 0.341 e. The van der Waals surface area contributed by atoms with Crippen LogP contribution in [0.1, 0.15) is 93.4 Å². The van der Waals surface area contributed by atoms with Gasteiger partial charge in [0.15, 0.2) is 23.1 Å². The molecular formula is C43H54FN3O9. The zero-order valence-electron chi connectivity index (χ0n) is 33.2. The number of nitrogens with zero attached hydrogens (tertiary/aromatic N) is 3. The van der Waals surface area contributed by atoms with E-state index in [4.69, 9.17) is 9.47 Å². The number of halogens is 1. The molecule has 1 aromatic carbocycles. The average molecular weight is 776 g/mol. The molecule has 8 rings (SSSR count). The highest BCUT2D eigenvalue weighted by Gasteiger charge is 2.68. The van der Waals surface area contributed by atoms with E-state index in [1.807, 2.05) is 29.4 Å². The number of hydrogen-bond acceptors (Lipinski definition) is 10. The van der Waals surface area contributed by atoms with Crippen molar-refractivity contribution in [3.05, 3.63) is 56.7 Å². The van der Waals surface area contributed by atoms with Crippen LogP contribution in [0.15, 0.2) is 28.6 Å². The Balaban J connectivity index is 0.964. The first-order valence-electron chi connectivity index (χ1n) is 20.1. The number of ketones is 2. The number of piperazine rings is 1. The number of benzene rings is 1. The van der Waals surface area contributed by atoms with Crippen LogP contribution in [0.3, 0.4) is 0 Å². The van der Waals surface area contributed by atoms with E-state index >= 15 is 4.39 Å². The second-order valence-corrected chi connectivity index (χ2v) is 17.9. The highest BCUT2D eigenvalue weighted by Crippen LogP contribution is 2.67. The van der Waals surface area contributed by atoms with Gasteiger partial charge in [0.05, 0.1) is 30.8 Å². The summed E-state index contributed by atoms with van der Waals surface area (Å²) in [7, 11) is 1.44. The normalized spacial score (nSPS) is 34.2. The number of hydrogen-bond donors (Lipinski definition) is 3. The Hall–Kier alpha value is -3.91. The van der Waals surface area contributed by atoms with Gasteiger partial charge in [0.1, 0.15) is 23.5 Å². The summed E-state index contributed by atoms with van der Waals surface area (Å²) in [5.74, 6) is -2.12. The van der Waals surface area contributed by atoms with Crippen LogP contribution < -0.4 is 15.1 Å². The first kappa shape index (κ1) is 38.9. The quantitative estimate of drug-likeness (QED) is 0.320. The lowest BCUT2D eigenvalue weighted by atomic mass is 9.46. The van der Waals surface area contributed by atoms with Gasteiger partial charge in [-0.25, -0.2) is 9.18 Å². The number of rotatable bonds is 9. The summed E-state index contributed by atoms with van der Waals surface area (Å²) in [5.41, 5.74) is -1.87. The number of aliphatic hydroxyl groups excluding tert-OH is 1. The van der Waals surface area contributed by atoms with Gasteiger partial charge in [-0.2, -0.15) is 0 Å². The van der Waals surface area contributed by atoms with Crippen molar-refractivity contribution in [2.24, 2.45) is 28.6 Å². The number of anilines is 1. The Kier molecular flexibility index (Phi) is 9.46. The van der Waals surface area contributed by atoms with Gasteiger partial charge in [0, 0.05) is 59.7 Å². The van der Waals surface area contributed by atoms with E-state index in [0.29, 0.717) is 43.7 Å². The molecule has 1 saturated heterocycles. The Morgan fingerprint density at radius 3 is 2.48 bits per heavy atom. The van der Waals surface area contributed by atoms with Crippen molar-refractivity contribution < 1.29 is 43.6 Å². The number of Topliss-reactive ketones (excluding diaryl/α,β-unsaturated/α-hetero) is 1. The number of carboxylic acids is 1. The Labute approximate surface area is 325 Å². The molecule has 5 fully saturated rings. The molecule has 1 aliphatic heterocycles. The fourth-order valence-corrected chi connectivity index (χ4v) is 11.9. The summed E-state index contributed by atoms with van der Waals surface area (Å²) >= 11 is 0. The number of carbonyl (C=O) groups is 3. The van der Waals surface area contributed by atoms with Crippen molar-refractivity contribution in [3.8, 4) is 5.75 Å². The van der Waals surface area contributed by atoms with Crippen molar-refractivity contribution in [3.63, 3.8) is 0 Å². The molecule has 4 saturated carbocycles.